The Labute approximate surface area is 111 Å². The van der Waals surface area contributed by atoms with Gasteiger partial charge in [0.1, 0.15) is 12.2 Å². The van der Waals surface area contributed by atoms with Gasteiger partial charge < -0.3 is 10.3 Å². The minimum atomic E-state index is 0.715. The van der Waals surface area contributed by atoms with Crippen molar-refractivity contribution in [1.82, 2.24) is 19.3 Å². The zero-order valence-corrected chi connectivity index (χ0v) is 11.0. The van der Waals surface area contributed by atoms with E-state index in [2.05, 4.69) is 27.6 Å². The van der Waals surface area contributed by atoms with E-state index in [-0.39, 0.29) is 0 Å². The maximum Gasteiger partial charge on any atom is 0.146 e. The molecule has 3 rings (SSSR count). The molecule has 0 aliphatic carbocycles. The fourth-order valence-electron chi connectivity index (χ4n) is 2.35. The lowest BCUT2D eigenvalue weighted by Gasteiger charge is -2.07. The van der Waals surface area contributed by atoms with Crippen LogP contribution >= 0.6 is 0 Å². The lowest BCUT2D eigenvalue weighted by atomic mass is 10.2. The number of hydrogen-bond donors (Lipinski definition) is 1. The second kappa shape index (κ2) is 4.76. The zero-order chi connectivity index (χ0) is 13.2. The molecular formula is C14H17N5. The fraction of sp³-hybridized carbons (Fsp3) is 0.286. The Hall–Kier alpha value is -2.30. The van der Waals surface area contributed by atoms with Gasteiger partial charge in [-0.05, 0) is 24.6 Å². The second-order valence-electron chi connectivity index (χ2n) is 4.62. The van der Waals surface area contributed by atoms with E-state index in [1.54, 1.807) is 6.33 Å². The molecule has 2 heterocycles. The number of benzene rings is 1. The van der Waals surface area contributed by atoms with Crippen molar-refractivity contribution in [3.63, 3.8) is 0 Å². The molecule has 5 nitrogen and oxygen atoms in total. The molecule has 0 saturated heterocycles. The Kier molecular flexibility index (Phi) is 2.95. The largest absolute Gasteiger partial charge is 0.398 e. The van der Waals surface area contributed by atoms with E-state index in [9.17, 15) is 0 Å². The molecule has 0 radical (unpaired) electrons. The van der Waals surface area contributed by atoms with Crippen LogP contribution in [0.4, 0.5) is 5.69 Å². The van der Waals surface area contributed by atoms with E-state index in [0.717, 1.165) is 35.4 Å². The third-order valence-corrected chi connectivity index (χ3v) is 3.29. The number of rotatable bonds is 4. The van der Waals surface area contributed by atoms with Crippen molar-refractivity contribution in [2.24, 2.45) is 0 Å². The van der Waals surface area contributed by atoms with Gasteiger partial charge in [-0.1, -0.05) is 13.0 Å². The average molecular weight is 255 g/mol. The first-order valence-corrected chi connectivity index (χ1v) is 6.49. The van der Waals surface area contributed by atoms with E-state index < -0.39 is 0 Å². The minimum Gasteiger partial charge on any atom is -0.398 e. The fourth-order valence-corrected chi connectivity index (χ4v) is 2.35. The first-order valence-electron chi connectivity index (χ1n) is 6.49. The number of fused-ring (bicyclic) bond motifs is 1. The molecule has 0 unspecified atom stereocenters. The van der Waals surface area contributed by atoms with Crippen LogP contribution in [0.25, 0.3) is 10.9 Å². The Balaban J connectivity index is 1.97. The number of aromatic nitrogens is 4. The van der Waals surface area contributed by atoms with Crippen LogP contribution in [0.15, 0.2) is 36.8 Å². The van der Waals surface area contributed by atoms with Gasteiger partial charge in [0.2, 0.25) is 0 Å². The quantitative estimate of drug-likeness (QED) is 0.727. The third kappa shape index (κ3) is 2.07. The molecule has 0 saturated carbocycles. The van der Waals surface area contributed by atoms with Crippen molar-refractivity contribution in [2.75, 3.05) is 5.73 Å². The Morgan fingerprint density at radius 3 is 3.00 bits per heavy atom. The molecule has 0 fully saturated rings. The SMILES string of the molecule is CCCn1ncnc1Cn1ccc2c(N)cccc21. The molecule has 19 heavy (non-hydrogen) atoms. The highest BCUT2D eigenvalue weighted by molar-refractivity contribution is 5.91. The van der Waals surface area contributed by atoms with Gasteiger partial charge in [-0.2, -0.15) is 5.10 Å². The van der Waals surface area contributed by atoms with Crippen LogP contribution in [0.5, 0.6) is 0 Å². The van der Waals surface area contributed by atoms with Crippen LogP contribution in [-0.2, 0) is 13.1 Å². The highest BCUT2D eigenvalue weighted by atomic mass is 15.3. The van der Waals surface area contributed by atoms with Crippen molar-refractivity contribution < 1.29 is 0 Å². The molecule has 1 aromatic carbocycles. The summed E-state index contributed by atoms with van der Waals surface area (Å²) in [5.41, 5.74) is 7.92. The molecule has 98 valence electrons. The van der Waals surface area contributed by atoms with Crippen LogP contribution in [0.3, 0.4) is 0 Å². The normalized spacial score (nSPS) is 11.2. The summed E-state index contributed by atoms with van der Waals surface area (Å²) in [5, 5.41) is 5.34. The number of nitrogens with zero attached hydrogens (tertiary/aromatic N) is 4. The van der Waals surface area contributed by atoms with Crippen molar-refractivity contribution in [1.29, 1.82) is 0 Å². The van der Waals surface area contributed by atoms with Gasteiger partial charge in [-0.25, -0.2) is 9.67 Å². The molecule has 0 aliphatic rings. The van der Waals surface area contributed by atoms with Gasteiger partial charge >= 0.3 is 0 Å². The minimum absolute atomic E-state index is 0.715. The molecular weight excluding hydrogens is 238 g/mol. The van der Waals surface area contributed by atoms with E-state index in [0.29, 0.717) is 6.54 Å². The van der Waals surface area contributed by atoms with Gasteiger partial charge in [0.05, 0.1) is 12.1 Å². The number of hydrogen-bond acceptors (Lipinski definition) is 3. The lowest BCUT2D eigenvalue weighted by molar-refractivity contribution is 0.557. The Morgan fingerprint density at radius 2 is 2.16 bits per heavy atom. The van der Waals surface area contributed by atoms with Crippen LogP contribution in [0.1, 0.15) is 19.2 Å². The standard InChI is InChI=1S/C14H17N5/c1-2-7-19-14(16-10-17-19)9-18-8-6-11-12(15)4-3-5-13(11)18/h3-6,8,10H,2,7,9,15H2,1H3. The Bertz CT molecular complexity index is 695. The summed E-state index contributed by atoms with van der Waals surface area (Å²) < 4.78 is 4.11. The number of anilines is 1. The summed E-state index contributed by atoms with van der Waals surface area (Å²) in [6, 6.07) is 8.02. The second-order valence-corrected chi connectivity index (χ2v) is 4.62. The Morgan fingerprint density at radius 1 is 1.26 bits per heavy atom. The van der Waals surface area contributed by atoms with Gasteiger partial charge in [0.25, 0.3) is 0 Å². The average Bonchev–Trinajstić information content (AvgIpc) is 3.00. The van der Waals surface area contributed by atoms with Crippen LogP contribution in [-0.4, -0.2) is 19.3 Å². The summed E-state index contributed by atoms with van der Waals surface area (Å²) in [4.78, 5) is 4.34. The van der Waals surface area contributed by atoms with E-state index in [1.807, 2.05) is 29.1 Å². The van der Waals surface area contributed by atoms with Crippen LogP contribution in [0, 0.1) is 0 Å². The van der Waals surface area contributed by atoms with Crippen molar-refractivity contribution in [3.05, 3.63) is 42.6 Å². The van der Waals surface area contributed by atoms with Gasteiger partial charge in [-0.15, -0.1) is 0 Å². The first-order chi connectivity index (χ1) is 9.29. The monoisotopic (exact) mass is 255 g/mol. The first kappa shape index (κ1) is 11.8. The number of aryl methyl sites for hydroxylation is 1. The van der Waals surface area contributed by atoms with E-state index in [1.165, 1.54) is 0 Å². The smallest absolute Gasteiger partial charge is 0.146 e. The van der Waals surface area contributed by atoms with Gasteiger partial charge in [0, 0.05) is 23.8 Å². The molecule has 2 N–H and O–H groups in total. The summed E-state index contributed by atoms with van der Waals surface area (Å²) in [6.45, 7) is 3.75. The van der Waals surface area contributed by atoms with Crippen LogP contribution < -0.4 is 5.73 Å². The lowest BCUT2D eigenvalue weighted by Crippen LogP contribution is -2.09. The molecule has 3 aromatic rings. The van der Waals surface area contributed by atoms with Crippen molar-refractivity contribution in [3.8, 4) is 0 Å². The zero-order valence-electron chi connectivity index (χ0n) is 11.0. The van der Waals surface area contributed by atoms with Gasteiger partial charge in [-0.3, -0.25) is 0 Å². The predicted octanol–water partition coefficient (Wildman–Crippen LogP) is 2.27. The summed E-state index contributed by atoms with van der Waals surface area (Å²) in [7, 11) is 0. The van der Waals surface area contributed by atoms with Crippen molar-refractivity contribution in [2.45, 2.75) is 26.4 Å². The molecule has 0 bridgehead atoms. The molecule has 2 aromatic heterocycles. The number of nitrogen functional groups attached to an aromatic ring is 1. The molecule has 0 aliphatic heterocycles. The van der Waals surface area contributed by atoms with E-state index in [4.69, 9.17) is 5.73 Å². The van der Waals surface area contributed by atoms with Gasteiger partial charge in [0.15, 0.2) is 0 Å². The molecule has 0 amide bonds. The third-order valence-electron chi connectivity index (χ3n) is 3.29. The van der Waals surface area contributed by atoms with E-state index >= 15 is 0 Å². The highest BCUT2D eigenvalue weighted by Crippen LogP contribution is 2.22. The molecule has 5 heteroatoms. The van der Waals surface area contributed by atoms with Crippen LogP contribution in [0.2, 0.25) is 0 Å². The maximum atomic E-state index is 5.97. The predicted molar refractivity (Wildman–Crippen MR) is 75.8 cm³/mol. The topological polar surface area (TPSA) is 61.7 Å². The summed E-state index contributed by atoms with van der Waals surface area (Å²) >= 11 is 0. The highest BCUT2D eigenvalue weighted by Gasteiger charge is 2.08. The summed E-state index contributed by atoms with van der Waals surface area (Å²) in [5.74, 6) is 0.974. The maximum absolute atomic E-state index is 5.97. The molecule has 0 spiro atoms. The summed E-state index contributed by atoms with van der Waals surface area (Å²) in [6.07, 6.45) is 4.72. The van der Waals surface area contributed by atoms with Crippen molar-refractivity contribution >= 4 is 16.6 Å². The number of nitrogens with two attached hydrogens (primary N) is 1. The molecule has 0 atom stereocenters.